The van der Waals surface area contributed by atoms with Gasteiger partial charge in [0.05, 0.1) is 6.20 Å². The quantitative estimate of drug-likeness (QED) is 0.327. The molecule has 0 spiro atoms. The number of halogens is 1. The maximum Gasteiger partial charge on any atom is 0.191 e. The van der Waals surface area contributed by atoms with Crippen molar-refractivity contribution >= 4 is 29.9 Å². The Morgan fingerprint density at radius 2 is 2.19 bits per heavy atom. The van der Waals surface area contributed by atoms with Crippen molar-refractivity contribution in [1.82, 2.24) is 30.2 Å². The number of rotatable bonds is 6. The van der Waals surface area contributed by atoms with Crippen molar-refractivity contribution in [2.45, 2.75) is 19.5 Å². The number of hydrogen-bond donors (Lipinski definition) is 2. The molecule has 0 aromatic carbocycles. The molecule has 0 aliphatic rings. The Kier molecular flexibility index (Phi) is 7.80. The van der Waals surface area contributed by atoms with Crippen molar-refractivity contribution in [1.29, 1.82) is 0 Å². The zero-order valence-electron chi connectivity index (χ0n) is 12.4. The van der Waals surface area contributed by atoms with Gasteiger partial charge in [-0.2, -0.15) is 10.2 Å². The van der Waals surface area contributed by atoms with Crippen LogP contribution in [0.1, 0.15) is 12.0 Å². The number of aliphatic imine (C=N–C) groups is 1. The Morgan fingerprint density at radius 1 is 1.33 bits per heavy atom. The van der Waals surface area contributed by atoms with Crippen LogP contribution >= 0.6 is 24.0 Å². The molecule has 0 fully saturated rings. The van der Waals surface area contributed by atoms with Crippen LogP contribution < -0.4 is 10.6 Å². The fraction of sp³-hybridized carbons (Fsp3) is 0.462. The summed E-state index contributed by atoms with van der Waals surface area (Å²) in [5, 5.41) is 14.8. The number of guanidine groups is 1. The zero-order chi connectivity index (χ0) is 14.2. The summed E-state index contributed by atoms with van der Waals surface area (Å²) >= 11 is 0. The predicted octanol–water partition coefficient (Wildman–Crippen LogP) is 0.990. The molecule has 2 N–H and O–H groups in total. The van der Waals surface area contributed by atoms with Crippen molar-refractivity contribution in [3.05, 3.63) is 36.4 Å². The van der Waals surface area contributed by atoms with Crippen LogP contribution in [-0.2, 0) is 20.1 Å². The summed E-state index contributed by atoms with van der Waals surface area (Å²) in [6.07, 6.45) is 8.59. The molecule has 0 unspecified atom stereocenters. The smallest absolute Gasteiger partial charge is 0.191 e. The minimum Gasteiger partial charge on any atom is -0.356 e. The molecule has 0 radical (unpaired) electrons. The number of nitrogens with one attached hydrogen (secondary N) is 2. The largest absolute Gasteiger partial charge is 0.356 e. The van der Waals surface area contributed by atoms with Gasteiger partial charge in [0, 0.05) is 57.9 Å². The highest BCUT2D eigenvalue weighted by Crippen LogP contribution is 1.94. The van der Waals surface area contributed by atoms with Gasteiger partial charge in [0.25, 0.3) is 0 Å². The molecular weight excluding hydrogens is 381 g/mol. The topological polar surface area (TPSA) is 72.1 Å². The first-order valence-electron chi connectivity index (χ1n) is 6.67. The van der Waals surface area contributed by atoms with Gasteiger partial charge in [-0.05, 0) is 12.5 Å². The normalized spacial score (nSPS) is 11.0. The van der Waals surface area contributed by atoms with E-state index in [1.807, 2.05) is 36.4 Å². The summed E-state index contributed by atoms with van der Waals surface area (Å²) in [4.78, 5) is 4.19. The lowest BCUT2D eigenvalue weighted by Gasteiger charge is -2.11. The molecule has 0 bridgehead atoms. The number of aryl methyl sites for hydroxylation is 2. The number of aromatic nitrogens is 4. The lowest BCUT2D eigenvalue weighted by Crippen LogP contribution is -2.37. The van der Waals surface area contributed by atoms with E-state index in [0.29, 0.717) is 6.54 Å². The highest BCUT2D eigenvalue weighted by molar-refractivity contribution is 14.0. The third-order valence-electron chi connectivity index (χ3n) is 2.86. The molecule has 2 aromatic heterocycles. The Hall–Kier alpha value is -1.58. The lowest BCUT2D eigenvalue weighted by atomic mass is 10.3. The molecule has 7 nitrogen and oxygen atoms in total. The van der Waals surface area contributed by atoms with Gasteiger partial charge in [-0.15, -0.1) is 24.0 Å². The summed E-state index contributed by atoms with van der Waals surface area (Å²) in [7, 11) is 3.68. The Bertz CT molecular complexity index is 532. The second kappa shape index (κ2) is 9.37. The molecule has 2 aromatic rings. The van der Waals surface area contributed by atoms with Gasteiger partial charge in [-0.25, -0.2) is 0 Å². The molecule has 0 aliphatic heterocycles. The van der Waals surface area contributed by atoms with Crippen LogP contribution in [0, 0.1) is 0 Å². The standard InChI is InChI=1S/C13H21N7.HI/c1-14-13(16-9-12-10-18-19(2)11-12)15-5-3-7-20-8-4-6-17-20;/h4,6,8,10-11H,3,5,7,9H2,1-2H3,(H2,14,15,16);1H. The fourth-order valence-electron chi connectivity index (χ4n) is 1.85. The van der Waals surface area contributed by atoms with Crippen LogP contribution in [0.4, 0.5) is 0 Å². The van der Waals surface area contributed by atoms with Gasteiger partial charge in [-0.3, -0.25) is 14.4 Å². The van der Waals surface area contributed by atoms with Gasteiger partial charge < -0.3 is 10.6 Å². The SMILES string of the molecule is CN=C(NCCCn1cccn1)NCc1cnn(C)c1.I. The molecule has 21 heavy (non-hydrogen) atoms. The summed E-state index contributed by atoms with van der Waals surface area (Å²) in [5.41, 5.74) is 1.13. The van der Waals surface area contributed by atoms with Crippen LogP contribution in [0.2, 0.25) is 0 Å². The monoisotopic (exact) mass is 403 g/mol. The highest BCUT2D eigenvalue weighted by Gasteiger charge is 1.99. The van der Waals surface area contributed by atoms with E-state index >= 15 is 0 Å². The molecule has 2 heterocycles. The fourth-order valence-corrected chi connectivity index (χ4v) is 1.85. The van der Waals surface area contributed by atoms with E-state index in [0.717, 1.165) is 31.0 Å². The van der Waals surface area contributed by atoms with E-state index in [-0.39, 0.29) is 24.0 Å². The lowest BCUT2D eigenvalue weighted by molar-refractivity contribution is 0.570. The van der Waals surface area contributed by atoms with Crippen molar-refractivity contribution < 1.29 is 0 Å². The first-order chi connectivity index (χ1) is 9.78. The first kappa shape index (κ1) is 17.5. The van der Waals surface area contributed by atoms with Crippen molar-refractivity contribution in [2.24, 2.45) is 12.0 Å². The third kappa shape index (κ3) is 6.15. The van der Waals surface area contributed by atoms with E-state index in [2.05, 4.69) is 25.8 Å². The van der Waals surface area contributed by atoms with Crippen molar-refractivity contribution in [3.8, 4) is 0 Å². The Balaban J connectivity index is 0.00000220. The molecule has 0 amide bonds. The van der Waals surface area contributed by atoms with Gasteiger partial charge in [-0.1, -0.05) is 0 Å². The van der Waals surface area contributed by atoms with Gasteiger partial charge >= 0.3 is 0 Å². The first-order valence-corrected chi connectivity index (χ1v) is 6.67. The van der Waals surface area contributed by atoms with Crippen LogP contribution in [0.15, 0.2) is 35.8 Å². The molecular formula is C13H22IN7. The van der Waals surface area contributed by atoms with Gasteiger partial charge in [0.1, 0.15) is 0 Å². The second-order valence-corrected chi connectivity index (χ2v) is 4.50. The van der Waals surface area contributed by atoms with Crippen molar-refractivity contribution in [3.63, 3.8) is 0 Å². The molecule has 0 saturated carbocycles. The van der Waals surface area contributed by atoms with Gasteiger partial charge in [0.2, 0.25) is 0 Å². The van der Waals surface area contributed by atoms with E-state index in [4.69, 9.17) is 0 Å². The predicted molar refractivity (Wildman–Crippen MR) is 93.7 cm³/mol. The maximum absolute atomic E-state index is 4.19. The molecule has 116 valence electrons. The minimum atomic E-state index is 0. The van der Waals surface area contributed by atoms with Crippen LogP contribution in [-0.4, -0.2) is 39.1 Å². The Morgan fingerprint density at radius 3 is 2.81 bits per heavy atom. The summed E-state index contributed by atoms with van der Waals surface area (Å²) < 4.78 is 3.71. The number of nitrogens with zero attached hydrogens (tertiary/aromatic N) is 5. The average molecular weight is 403 g/mol. The van der Waals surface area contributed by atoms with E-state index in [1.54, 1.807) is 17.9 Å². The molecule has 0 atom stereocenters. The highest BCUT2D eigenvalue weighted by atomic mass is 127. The molecule has 0 saturated heterocycles. The molecule has 0 aliphatic carbocycles. The van der Waals surface area contributed by atoms with Crippen molar-refractivity contribution in [2.75, 3.05) is 13.6 Å². The second-order valence-electron chi connectivity index (χ2n) is 4.50. The van der Waals surface area contributed by atoms with E-state index in [1.165, 1.54) is 0 Å². The number of hydrogen-bond acceptors (Lipinski definition) is 3. The van der Waals surface area contributed by atoms with E-state index < -0.39 is 0 Å². The molecule has 8 heteroatoms. The summed E-state index contributed by atoms with van der Waals surface area (Å²) in [6.45, 7) is 2.47. The third-order valence-corrected chi connectivity index (χ3v) is 2.86. The van der Waals surface area contributed by atoms with Crippen LogP contribution in [0.3, 0.4) is 0 Å². The minimum absolute atomic E-state index is 0. The van der Waals surface area contributed by atoms with E-state index in [9.17, 15) is 0 Å². The average Bonchev–Trinajstić information content (AvgIpc) is 3.09. The summed E-state index contributed by atoms with van der Waals surface area (Å²) in [5.74, 6) is 0.800. The van der Waals surface area contributed by atoms with Crippen LogP contribution in [0.5, 0.6) is 0 Å². The van der Waals surface area contributed by atoms with Crippen LogP contribution in [0.25, 0.3) is 0 Å². The Labute approximate surface area is 141 Å². The summed E-state index contributed by atoms with van der Waals surface area (Å²) in [6, 6.07) is 1.93. The maximum atomic E-state index is 4.19. The molecule has 2 rings (SSSR count). The van der Waals surface area contributed by atoms with Gasteiger partial charge in [0.15, 0.2) is 5.96 Å². The zero-order valence-corrected chi connectivity index (χ0v) is 14.7.